The number of halogens is 4. The van der Waals surface area contributed by atoms with Crippen molar-refractivity contribution in [3.8, 4) is 0 Å². The molecule has 1 rings (SSSR count). The average molecular weight is 261 g/mol. The van der Waals surface area contributed by atoms with Gasteiger partial charge in [0, 0.05) is 19.2 Å². The summed E-state index contributed by atoms with van der Waals surface area (Å²) in [5, 5.41) is 0. The van der Waals surface area contributed by atoms with Crippen LogP contribution in [0.5, 0.6) is 0 Å². The number of nitrogens with zero attached hydrogens (tertiary/aromatic N) is 1. The Labute approximate surface area is 102 Å². The minimum absolute atomic E-state index is 0.192. The monoisotopic (exact) mass is 261 g/mol. The van der Waals surface area contributed by atoms with E-state index < -0.39 is 23.5 Å². The lowest BCUT2D eigenvalue weighted by atomic mass is 10.1. The van der Waals surface area contributed by atoms with Crippen molar-refractivity contribution in [2.24, 2.45) is 0 Å². The maximum atomic E-state index is 13.0. The lowest BCUT2D eigenvalue weighted by molar-refractivity contribution is -0.140. The van der Waals surface area contributed by atoms with Crippen LogP contribution in [0.2, 0.25) is 0 Å². The Morgan fingerprint density at radius 2 is 2.06 bits per heavy atom. The number of benzene rings is 1. The van der Waals surface area contributed by atoms with Gasteiger partial charge in [-0.2, -0.15) is 13.2 Å². The summed E-state index contributed by atoms with van der Waals surface area (Å²) < 4.78 is 50.4. The van der Waals surface area contributed by atoms with Crippen LogP contribution in [-0.2, 0) is 6.18 Å². The minimum atomic E-state index is -4.82. The molecule has 0 aliphatic heterocycles. The fourth-order valence-corrected chi connectivity index (χ4v) is 1.37. The second kappa shape index (κ2) is 5.20. The van der Waals surface area contributed by atoms with Crippen LogP contribution in [-0.4, -0.2) is 24.4 Å². The fraction of sp³-hybridized carbons (Fsp3) is 0.250. The minimum Gasteiger partial charge on any atom is -0.338 e. The molecule has 0 aliphatic carbocycles. The molecule has 0 heterocycles. The summed E-state index contributed by atoms with van der Waals surface area (Å²) in [4.78, 5) is 12.9. The zero-order valence-electron chi connectivity index (χ0n) is 9.59. The topological polar surface area (TPSA) is 20.3 Å². The molecule has 0 aliphatic rings. The first-order valence-corrected chi connectivity index (χ1v) is 5.00. The third-order valence-corrected chi connectivity index (χ3v) is 2.27. The van der Waals surface area contributed by atoms with E-state index in [0.29, 0.717) is 12.1 Å². The Bertz CT molecular complexity index is 468. The summed E-state index contributed by atoms with van der Waals surface area (Å²) in [7, 11) is 1.42. The number of amides is 1. The van der Waals surface area contributed by atoms with E-state index in [4.69, 9.17) is 0 Å². The van der Waals surface area contributed by atoms with Crippen molar-refractivity contribution in [1.29, 1.82) is 0 Å². The Morgan fingerprint density at radius 3 is 2.56 bits per heavy atom. The van der Waals surface area contributed by atoms with Gasteiger partial charge in [0.25, 0.3) is 5.91 Å². The molecule has 1 aromatic carbocycles. The number of carbonyl (C=O) groups is 1. The van der Waals surface area contributed by atoms with E-state index in [2.05, 4.69) is 6.58 Å². The molecule has 0 radical (unpaired) electrons. The largest absolute Gasteiger partial charge is 0.419 e. The van der Waals surface area contributed by atoms with Gasteiger partial charge in [-0.25, -0.2) is 4.39 Å². The van der Waals surface area contributed by atoms with Gasteiger partial charge >= 0.3 is 6.18 Å². The molecule has 2 nitrogen and oxygen atoms in total. The fourth-order valence-electron chi connectivity index (χ4n) is 1.37. The highest BCUT2D eigenvalue weighted by molar-refractivity contribution is 5.94. The van der Waals surface area contributed by atoms with Crippen LogP contribution < -0.4 is 0 Å². The highest BCUT2D eigenvalue weighted by atomic mass is 19.4. The van der Waals surface area contributed by atoms with Crippen molar-refractivity contribution in [3.63, 3.8) is 0 Å². The summed E-state index contributed by atoms with van der Waals surface area (Å²) in [5.74, 6) is -2.02. The lowest BCUT2D eigenvalue weighted by Crippen LogP contribution is -2.27. The van der Waals surface area contributed by atoms with E-state index in [0.717, 1.165) is 6.07 Å². The number of rotatable bonds is 3. The predicted molar refractivity (Wildman–Crippen MR) is 58.6 cm³/mol. The number of alkyl halides is 3. The molecule has 0 bridgehead atoms. The molecule has 0 aromatic heterocycles. The van der Waals surface area contributed by atoms with E-state index in [1.165, 1.54) is 18.0 Å². The van der Waals surface area contributed by atoms with Gasteiger partial charge in [0.1, 0.15) is 5.82 Å². The van der Waals surface area contributed by atoms with Crippen LogP contribution in [0.25, 0.3) is 0 Å². The number of likely N-dealkylation sites (N-methyl/N-ethyl adjacent to an activating group) is 1. The summed E-state index contributed by atoms with van der Waals surface area (Å²) in [5.41, 5.74) is -1.66. The Balaban J connectivity index is 3.13. The second-order valence-electron chi connectivity index (χ2n) is 3.67. The smallest absolute Gasteiger partial charge is 0.338 e. The van der Waals surface area contributed by atoms with Crippen LogP contribution in [0.15, 0.2) is 30.9 Å². The van der Waals surface area contributed by atoms with Crippen LogP contribution in [0, 0.1) is 5.82 Å². The maximum absolute atomic E-state index is 13.0. The summed E-state index contributed by atoms with van der Waals surface area (Å²) in [6.07, 6.45) is -3.39. The van der Waals surface area contributed by atoms with Gasteiger partial charge in [0.05, 0.1) is 5.56 Å². The summed E-state index contributed by atoms with van der Waals surface area (Å²) >= 11 is 0. The first kappa shape index (κ1) is 14.2. The number of hydrogen-bond donors (Lipinski definition) is 0. The van der Waals surface area contributed by atoms with Crippen molar-refractivity contribution in [1.82, 2.24) is 4.90 Å². The standard InChI is InChI=1S/C12H11F4NO/c1-3-6-17(2)11(18)8-4-5-10(13)9(7-8)12(14,15)16/h3-5,7H,1,6H2,2H3. The Morgan fingerprint density at radius 1 is 1.44 bits per heavy atom. The molecule has 6 heteroatoms. The van der Waals surface area contributed by atoms with Gasteiger partial charge in [-0.05, 0) is 18.2 Å². The highest BCUT2D eigenvalue weighted by Gasteiger charge is 2.34. The van der Waals surface area contributed by atoms with Crippen molar-refractivity contribution in [2.45, 2.75) is 6.18 Å². The summed E-state index contributed by atoms with van der Waals surface area (Å²) in [6.45, 7) is 3.61. The highest BCUT2D eigenvalue weighted by Crippen LogP contribution is 2.32. The van der Waals surface area contributed by atoms with Gasteiger partial charge in [-0.15, -0.1) is 6.58 Å². The van der Waals surface area contributed by atoms with Crippen molar-refractivity contribution in [2.75, 3.05) is 13.6 Å². The zero-order chi connectivity index (χ0) is 13.9. The lowest BCUT2D eigenvalue weighted by Gasteiger charge is -2.16. The zero-order valence-corrected chi connectivity index (χ0v) is 9.59. The van der Waals surface area contributed by atoms with Gasteiger partial charge < -0.3 is 4.90 Å². The third-order valence-electron chi connectivity index (χ3n) is 2.27. The molecular weight excluding hydrogens is 250 g/mol. The number of hydrogen-bond acceptors (Lipinski definition) is 1. The summed E-state index contributed by atoms with van der Waals surface area (Å²) in [6, 6.07) is 2.17. The molecular formula is C12H11F4NO. The van der Waals surface area contributed by atoms with E-state index in [1.807, 2.05) is 0 Å². The quantitative estimate of drug-likeness (QED) is 0.604. The molecule has 98 valence electrons. The first-order valence-electron chi connectivity index (χ1n) is 5.00. The normalized spacial score (nSPS) is 11.2. The Hall–Kier alpha value is -1.85. The predicted octanol–water partition coefficient (Wildman–Crippen LogP) is 3.10. The van der Waals surface area contributed by atoms with Crippen LogP contribution in [0.4, 0.5) is 17.6 Å². The van der Waals surface area contributed by atoms with E-state index in [9.17, 15) is 22.4 Å². The van der Waals surface area contributed by atoms with Crippen LogP contribution >= 0.6 is 0 Å². The van der Waals surface area contributed by atoms with E-state index in [1.54, 1.807) is 0 Å². The molecule has 0 saturated carbocycles. The average Bonchev–Trinajstić information content (AvgIpc) is 2.27. The molecule has 0 fully saturated rings. The van der Waals surface area contributed by atoms with Crippen molar-refractivity contribution in [3.05, 3.63) is 47.8 Å². The van der Waals surface area contributed by atoms with E-state index in [-0.39, 0.29) is 12.1 Å². The second-order valence-corrected chi connectivity index (χ2v) is 3.67. The van der Waals surface area contributed by atoms with Gasteiger partial charge in [-0.1, -0.05) is 6.08 Å². The molecule has 0 saturated heterocycles. The van der Waals surface area contributed by atoms with Crippen molar-refractivity contribution >= 4 is 5.91 Å². The molecule has 0 spiro atoms. The van der Waals surface area contributed by atoms with Gasteiger partial charge in [0.2, 0.25) is 0 Å². The van der Waals surface area contributed by atoms with Crippen LogP contribution in [0.1, 0.15) is 15.9 Å². The Kier molecular flexibility index (Phi) is 4.11. The molecule has 1 amide bonds. The third kappa shape index (κ3) is 3.09. The van der Waals surface area contributed by atoms with Gasteiger partial charge in [0.15, 0.2) is 0 Å². The van der Waals surface area contributed by atoms with Crippen LogP contribution in [0.3, 0.4) is 0 Å². The molecule has 0 unspecified atom stereocenters. The SMILES string of the molecule is C=CCN(C)C(=O)c1ccc(F)c(C(F)(F)F)c1. The van der Waals surface area contributed by atoms with Crippen molar-refractivity contribution < 1.29 is 22.4 Å². The molecule has 18 heavy (non-hydrogen) atoms. The molecule has 0 atom stereocenters. The maximum Gasteiger partial charge on any atom is 0.419 e. The molecule has 1 aromatic rings. The first-order chi connectivity index (χ1) is 8.27. The number of carbonyl (C=O) groups excluding carboxylic acids is 1. The molecule has 0 N–H and O–H groups in total. The van der Waals surface area contributed by atoms with Gasteiger partial charge in [-0.3, -0.25) is 4.79 Å². The van der Waals surface area contributed by atoms with E-state index >= 15 is 0 Å².